The molecular weight excluding hydrogens is 350 g/mol. The molecule has 7 nitrogen and oxygen atoms in total. The minimum Gasteiger partial charge on any atom is -0.454 e. The first-order valence-corrected chi connectivity index (χ1v) is 8.42. The number of aryl methyl sites for hydroxylation is 1. The zero-order valence-electron chi connectivity index (χ0n) is 14.8. The van der Waals surface area contributed by atoms with E-state index in [4.69, 9.17) is 18.6 Å². The number of ether oxygens (including phenoxy) is 3. The van der Waals surface area contributed by atoms with E-state index in [0.29, 0.717) is 28.3 Å². The monoisotopic (exact) mass is 367 g/mol. The minimum absolute atomic E-state index is 0.0962. The van der Waals surface area contributed by atoms with Crippen LogP contribution in [0.4, 0.5) is 5.69 Å². The Hall–Kier alpha value is -3.48. The lowest BCUT2D eigenvalue weighted by Crippen LogP contribution is -2.30. The molecule has 0 saturated carbocycles. The fraction of sp³-hybridized carbons (Fsp3) is 0.200. The molecule has 1 atom stereocenters. The van der Waals surface area contributed by atoms with Crippen molar-refractivity contribution in [3.63, 3.8) is 0 Å². The molecule has 0 bridgehead atoms. The molecular formula is C20H17NO6. The summed E-state index contributed by atoms with van der Waals surface area (Å²) in [5.41, 5.74) is 1.80. The van der Waals surface area contributed by atoms with Crippen LogP contribution in [0.3, 0.4) is 0 Å². The number of carbonyl (C=O) groups is 2. The van der Waals surface area contributed by atoms with Crippen LogP contribution in [0.25, 0.3) is 11.0 Å². The van der Waals surface area contributed by atoms with Gasteiger partial charge in [-0.2, -0.15) is 0 Å². The maximum Gasteiger partial charge on any atom is 0.375 e. The summed E-state index contributed by atoms with van der Waals surface area (Å²) in [5.74, 6) is 0.120. The average Bonchev–Trinajstić information content (AvgIpc) is 3.26. The lowest BCUT2D eigenvalue weighted by Gasteiger charge is -2.13. The van der Waals surface area contributed by atoms with Gasteiger partial charge in [-0.25, -0.2) is 4.79 Å². The van der Waals surface area contributed by atoms with E-state index in [1.54, 1.807) is 31.2 Å². The molecule has 1 aliphatic heterocycles. The highest BCUT2D eigenvalue weighted by molar-refractivity contribution is 5.99. The number of nitrogens with one attached hydrogen (secondary N) is 1. The van der Waals surface area contributed by atoms with Gasteiger partial charge in [0.2, 0.25) is 12.6 Å². The maximum absolute atomic E-state index is 12.4. The van der Waals surface area contributed by atoms with Gasteiger partial charge < -0.3 is 23.9 Å². The van der Waals surface area contributed by atoms with Gasteiger partial charge >= 0.3 is 5.97 Å². The van der Waals surface area contributed by atoms with Crippen LogP contribution in [0.5, 0.6) is 11.5 Å². The smallest absolute Gasteiger partial charge is 0.375 e. The number of carbonyl (C=O) groups excluding carboxylic acids is 2. The molecule has 0 radical (unpaired) electrons. The molecule has 3 aromatic rings. The van der Waals surface area contributed by atoms with Crippen molar-refractivity contribution in [2.75, 3.05) is 12.1 Å². The second-order valence-corrected chi connectivity index (χ2v) is 6.16. The lowest BCUT2D eigenvalue weighted by molar-refractivity contribution is -0.123. The van der Waals surface area contributed by atoms with E-state index in [-0.39, 0.29) is 12.6 Å². The van der Waals surface area contributed by atoms with Crippen LogP contribution in [-0.2, 0) is 9.53 Å². The third kappa shape index (κ3) is 3.19. The number of fused-ring (bicyclic) bond motifs is 2. The van der Waals surface area contributed by atoms with Gasteiger partial charge in [0.05, 0.1) is 0 Å². The van der Waals surface area contributed by atoms with Crippen molar-refractivity contribution in [1.29, 1.82) is 0 Å². The topological polar surface area (TPSA) is 87.0 Å². The Morgan fingerprint density at radius 1 is 1.11 bits per heavy atom. The highest BCUT2D eigenvalue weighted by Gasteiger charge is 2.24. The van der Waals surface area contributed by atoms with Crippen molar-refractivity contribution in [2.45, 2.75) is 20.0 Å². The lowest BCUT2D eigenvalue weighted by atomic mass is 10.1. The molecule has 0 aliphatic carbocycles. The molecule has 1 aromatic heterocycles. The molecule has 0 fully saturated rings. The number of furan rings is 1. The Morgan fingerprint density at radius 3 is 2.70 bits per heavy atom. The summed E-state index contributed by atoms with van der Waals surface area (Å²) in [6, 6.07) is 12.4. The van der Waals surface area contributed by atoms with Crippen molar-refractivity contribution in [1.82, 2.24) is 0 Å². The summed E-state index contributed by atoms with van der Waals surface area (Å²) in [4.78, 5) is 24.8. The molecule has 7 heteroatoms. The average molecular weight is 367 g/mol. The number of benzene rings is 2. The van der Waals surface area contributed by atoms with Crippen molar-refractivity contribution < 1.29 is 28.2 Å². The second kappa shape index (κ2) is 6.68. The molecule has 0 unspecified atom stereocenters. The first-order valence-electron chi connectivity index (χ1n) is 8.42. The Balaban J connectivity index is 1.44. The fourth-order valence-electron chi connectivity index (χ4n) is 2.85. The number of anilines is 1. The van der Waals surface area contributed by atoms with Crippen molar-refractivity contribution >= 4 is 28.5 Å². The highest BCUT2D eigenvalue weighted by atomic mass is 16.7. The standard InChI is InChI=1S/C20H17NO6/c1-11-14-5-3-4-6-15(14)27-18(11)20(23)26-12(2)19(22)21-13-7-8-16-17(9-13)25-10-24-16/h3-9,12H,10H2,1-2H3,(H,21,22)/t12-/m0/s1. The van der Waals surface area contributed by atoms with Gasteiger partial charge in [0.25, 0.3) is 5.91 Å². The van der Waals surface area contributed by atoms with E-state index in [1.165, 1.54) is 6.92 Å². The molecule has 1 amide bonds. The third-order valence-electron chi connectivity index (χ3n) is 4.32. The SMILES string of the molecule is Cc1c(C(=O)O[C@@H](C)C(=O)Nc2ccc3c(c2)OCO3)oc2ccccc12. The van der Waals surface area contributed by atoms with E-state index in [1.807, 2.05) is 18.2 Å². The van der Waals surface area contributed by atoms with E-state index < -0.39 is 18.0 Å². The highest BCUT2D eigenvalue weighted by Crippen LogP contribution is 2.34. The summed E-state index contributed by atoms with van der Waals surface area (Å²) in [7, 11) is 0. The van der Waals surface area contributed by atoms with Gasteiger partial charge in [0.15, 0.2) is 17.6 Å². The van der Waals surface area contributed by atoms with E-state index >= 15 is 0 Å². The van der Waals surface area contributed by atoms with Crippen LogP contribution in [0, 0.1) is 6.92 Å². The Morgan fingerprint density at radius 2 is 1.89 bits per heavy atom. The maximum atomic E-state index is 12.4. The molecule has 1 aliphatic rings. The summed E-state index contributed by atoms with van der Waals surface area (Å²) in [5, 5.41) is 3.52. The molecule has 2 aromatic carbocycles. The molecule has 0 saturated heterocycles. The van der Waals surface area contributed by atoms with Crippen LogP contribution in [0.15, 0.2) is 46.9 Å². The summed E-state index contributed by atoms with van der Waals surface area (Å²) < 4.78 is 21.3. The van der Waals surface area contributed by atoms with Crippen LogP contribution < -0.4 is 14.8 Å². The molecule has 1 N–H and O–H groups in total. The Labute approximate surface area is 154 Å². The first-order chi connectivity index (χ1) is 13.0. The quantitative estimate of drug-likeness (QED) is 0.708. The third-order valence-corrected chi connectivity index (χ3v) is 4.32. The largest absolute Gasteiger partial charge is 0.454 e. The first kappa shape index (κ1) is 17.0. The van der Waals surface area contributed by atoms with Crippen LogP contribution in [0.1, 0.15) is 23.0 Å². The number of esters is 1. The summed E-state index contributed by atoms with van der Waals surface area (Å²) in [6.45, 7) is 3.43. The van der Waals surface area contributed by atoms with Crippen LogP contribution >= 0.6 is 0 Å². The van der Waals surface area contributed by atoms with Crippen LogP contribution in [-0.4, -0.2) is 24.8 Å². The van der Waals surface area contributed by atoms with Gasteiger partial charge in [-0.15, -0.1) is 0 Å². The number of para-hydroxylation sites is 1. The normalized spacial score (nSPS) is 13.4. The molecule has 0 spiro atoms. The van der Waals surface area contributed by atoms with E-state index in [9.17, 15) is 9.59 Å². The summed E-state index contributed by atoms with van der Waals surface area (Å²) in [6.07, 6.45) is -1.00. The fourth-order valence-corrected chi connectivity index (χ4v) is 2.85. The number of hydrogen-bond acceptors (Lipinski definition) is 6. The van der Waals surface area contributed by atoms with Gasteiger partial charge in [-0.1, -0.05) is 18.2 Å². The Kier molecular flexibility index (Phi) is 4.19. The number of amides is 1. The van der Waals surface area contributed by atoms with Gasteiger partial charge in [0, 0.05) is 22.7 Å². The summed E-state index contributed by atoms with van der Waals surface area (Å²) >= 11 is 0. The van der Waals surface area contributed by atoms with Crippen LogP contribution in [0.2, 0.25) is 0 Å². The molecule has 4 rings (SSSR count). The molecule has 27 heavy (non-hydrogen) atoms. The molecule has 138 valence electrons. The van der Waals surface area contributed by atoms with Gasteiger partial charge in [-0.05, 0) is 32.0 Å². The van der Waals surface area contributed by atoms with Crippen molar-refractivity contribution in [3.8, 4) is 11.5 Å². The number of rotatable bonds is 4. The van der Waals surface area contributed by atoms with E-state index in [0.717, 1.165) is 5.39 Å². The van der Waals surface area contributed by atoms with Gasteiger partial charge in [0.1, 0.15) is 5.58 Å². The predicted molar refractivity (Wildman–Crippen MR) is 97.0 cm³/mol. The zero-order chi connectivity index (χ0) is 19.0. The van der Waals surface area contributed by atoms with Crippen molar-refractivity contribution in [3.05, 3.63) is 53.8 Å². The second-order valence-electron chi connectivity index (χ2n) is 6.16. The zero-order valence-corrected chi connectivity index (χ0v) is 14.8. The van der Waals surface area contributed by atoms with E-state index in [2.05, 4.69) is 5.32 Å². The van der Waals surface area contributed by atoms with Gasteiger partial charge in [-0.3, -0.25) is 4.79 Å². The van der Waals surface area contributed by atoms with Crippen molar-refractivity contribution in [2.24, 2.45) is 0 Å². The predicted octanol–water partition coefficient (Wildman–Crippen LogP) is 3.65. The Bertz CT molecular complexity index is 1040. The molecule has 2 heterocycles. The number of hydrogen-bond donors (Lipinski definition) is 1. The minimum atomic E-state index is -1.00.